The Morgan fingerprint density at radius 2 is 1.30 bits per heavy atom. The maximum Gasteiger partial charge on any atom is 0.173 e. The highest BCUT2D eigenvalue weighted by Crippen LogP contribution is 2.26. The smallest absolute Gasteiger partial charge is 0.173 e. The quantitative estimate of drug-likeness (QED) is 0.172. The molecule has 0 aromatic heterocycles. The van der Waals surface area contributed by atoms with Gasteiger partial charge >= 0.3 is 0 Å². The molecule has 5 heteroatoms. The van der Waals surface area contributed by atoms with Crippen molar-refractivity contribution in [3.63, 3.8) is 0 Å². The van der Waals surface area contributed by atoms with Crippen LogP contribution in [0.3, 0.4) is 0 Å². The first kappa shape index (κ1) is 21.3. The molecule has 30 heavy (non-hydrogen) atoms. The van der Waals surface area contributed by atoms with Gasteiger partial charge in [-0.3, -0.25) is 9.59 Å². The average Bonchev–Trinajstić information content (AvgIpc) is 2.79. The van der Waals surface area contributed by atoms with E-state index in [1.807, 2.05) is 30.3 Å². The molecule has 0 saturated carbocycles. The van der Waals surface area contributed by atoms with Gasteiger partial charge in [0.1, 0.15) is 10.8 Å². The number of para-hydroxylation sites is 1. The molecule has 0 fully saturated rings. The normalized spacial score (nSPS) is 12.2. The van der Waals surface area contributed by atoms with Crippen LogP contribution in [0.4, 0.5) is 5.69 Å². The molecule has 0 bridgehead atoms. The Morgan fingerprint density at radius 3 is 1.83 bits per heavy atom. The van der Waals surface area contributed by atoms with Crippen molar-refractivity contribution in [1.82, 2.24) is 0 Å². The first-order valence-corrected chi connectivity index (χ1v) is 10.4. The summed E-state index contributed by atoms with van der Waals surface area (Å²) in [5, 5.41) is 11.2. The van der Waals surface area contributed by atoms with Crippen molar-refractivity contribution in [3.8, 4) is 0 Å². The number of Topliss-reactive ketones (excluding diaryl/α,β-unsaturated/α-hetero) is 2. The van der Waals surface area contributed by atoms with Crippen LogP contribution in [0.1, 0.15) is 22.8 Å². The van der Waals surface area contributed by atoms with Gasteiger partial charge in [0.05, 0.1) is 17.0 Å². The molecule has 0 saturated heterocycles. The van der Waals surface area contributed by atoms with E-state index in [1.165, 1.54) is 6.92 Å². The molecule has 1 N–H and O–H groups in total. The lowest BCUT2D eigenvalue weighted by molar-refractivity contribution is -0.113. The van der Waals surface area contributed by atoms with E-state index in [2.05, 4.69) is 4.99 Å². The Balaban J connectivity index is 2.00. The molecule has 0 heterocycles. The minimum Gasteiger partial charge on any atom is -0.506 e. The van der Waals surface area contributed by atoms with Crippen molar-refractivity contribution in [2.75, 3.05) is 5.75 Å². The summed E-state index contributed by atoms with van der Waals surface area (Å²) in [7, 11) is 0. The maximum atomic E-state index is 12.6. The number of nitrogens with zero attached hydrogens (tertiary/aromatic N) is 1. The molecular weight excluding hydrogens is 394 g/mol. The van der Waals surface area contributed by atoms with Crippen molar-refractivity contribution in [1.29, 1.82) is 0 Å². The minimum atomic E-state index is -0.328. The van der Waals surface area contributed by atoms with Gasteiger partial charge in [0, 0.05) is 11.1 Å². The lowest BCUT2D eigenvalue weighted by Gasteiger charge is -2.12. The number of carbonyl (C=O) groups excluding carboxylic acids is 2. The van der Waals surface area contributed by atoms with E-state index in [1.54, 1.807) is 60.7 Å². The number of rotatable bonds is 7. The number of benzene rings is 3. The molecular formula is C25H21NO3S. The fourth-order valence-corrected chi connectivity index (χ4v) is 3.77. The number of thioether (sulfide) groups is 1. The van der Waals surface area contributed by atoms with E-state index in [0.29, 0.717) is 21.9 Å². The molecule has 0 spiro atoms. The zero-order chi connectivity index (χ0) is 21.3. The Bertz CT molecular complexity index is 1080. The van der Waals surface area contributed by atoms with Gasteiger partial charge in [0.15, 0.2) is 11.6 Å². The molecule has 0 aliphatic heterocycles. The van der Waals surface area contributed by atoms with Crippen molar-refractivity contribution in [3.05, 3.63) is 108 Å². The maximum absolute atomic E-state index is 12.6. The van der Waals surface area contributed by atoms with E-state index in [0.717, 1.165) is 11.8 Å². The number of aliphatic hydroxyl groups excluding tert-OH is 1. The van der Waals surface area contributed by atoms with Gasteiger partial charge in [-0.25, -0.2) is 4.99 Å². The Hall–Kier alpha value is -3.44. The van der Waals surface area contributed by atoms with E-state index in [4.69, 9.17) is 0 Å². The highest BCUT2D eigenvalue weighted by Gasteiger charge is 2.21. The molecule has 0 amide bonds. The Labute approximate surface area is 180 Å². The number of hydrogen-bond donors (Lipinski definition) is 1. The largest absolute Gasteiger partial charge is 0.506 e. The summed E-state index contributed by atoms with van der Waals surface area (Å²) in [5.74, 6) is -0.472. The molecule has 3 rings (SSSR count). The second-order valence-corrected chi connectivity index (χ2v) is 7.44. The van der Waals surface area contributed by atoms with Gasteiger partial charge < -0.3 is 5.11 Å². The lowest BCUT2D eigenvalue weighted by Crippen LogP contribution is -2.13. The SMILES string of the molecule is CC(=O)/C(C(=Nc1ccccc1)SCC(=O)c1ccccc1)=C(/O)c1ccccc1. The zero-order valence-corrected chi connectivity index (χ0v) is 17.3. The van der Waals surface area contributed by atoms with Gasteiger partial charge in [0.2, 0.25) is 0 Å². The van der Waals surface area contributed by atoms with Crippen LogP contribution in [0.2, 0.25) is 0 Å². The summed E-state index contributed by atoms with van der Waals surface area (Å²) in [6.45, 7) is 1.38. The van der Waals surface area contributed by atoms with Gasteiger partial charge in [-0.15, -0.1) is 0 Å². The van der Waals surface area contributed by atoms with Crippen LogP contribution in [0.25, 0.3) is 5.76 Å². The number of ketones is 2. The Kier molecular flexibility index (Phi) is 7.35. The summed E-state index contributed by atoms with van der Waals surface area (Å²) >= 11 is 1.14. The summed E-state index contributed by atoms with van der Waals surface area (Å²) in [6, 6.07) is 26.9. The predicted molar refractivity (Wildman–Crippen MR) is 123 cm³/mol. The van der Waals surface area contributed by atoms with Crippen molar-refractivity contribution in [2.45, 2.75) is 6.92 Å². The third-order valence-electron chi connectivity index (χ3n) is 4.27. The highest BCUT2D eigenvalue weighted by molar-refractivity contribution is 8.15. The topological polar surface area (TPSA) is 66.7 Å². The minimum absolute atomic E-state index is 0.0801. The molecule has 0 aliphatic rings. The molecule has 3 aromatic rings. The first-order valence-electron chi connectivity index (χ1n) is 9.41. The van der Waals surface area contributed by atoms with Crippen molar-refractivity contribution >= 4 is 39.8 Å². The van der Waals surface area contributed by atoms with Gasteiger partial charge in [0.25, 0.3) is 0 Å². The van der Waals surface area contributed by atoms with E-state index in [9.17, 15) is 14.7 Å². The van der Waals surface area contributed by atoms with Crippen LogP contribution in [-0.4, -0.2) is 27.5 Å². The highest BCUT2D eigenvalue weighted by atomic mass is 32.2. The fraction of sp³-hybridized carbons (Fsp3) is 0.0800. The molecule has 4 nitrogen and oxygen atoms in total. The second kappa shape index (κ2) is 10.4. The van der Waals surface area contributed by atoms with Gasteiger partial charge in [-0.1, -0.05) is 90.6 Å². The molecule has 3 aromatic carbocycles. The lowest BCUT2D eigenvalue weighted by atomic mass is 10.1. The standard InChI is InChI=1S/C25H21NO3S/c1-18(27)23(24(29)20-13-7-3-8-14-20)25(26-21-15-9-4-10-16-21)30-17-22(28)19-11-5-2-6-12-19/h2-16,29H,17H2,1H3/b24-23-,26-25?. The summed E-state index contributed by atoms with van der Waals surface area (Å²) in [6.07, 6.45) is 0. The molecule has 0 aliphatic carbocycles. The third kappa shape index (κ3) is 5.55. The van der Waals surface area contributed by atoms with Crippen LogP contribution in [0.15, 0.2) is 102 Å². The number of hydrogen-bond acceptors (Lipinski definition) is 5. The van der Waals surface area contributed by atoms with E-state index < -0.39 is 0 Å². The summed E-state index contributed by atoms with van der Waals surface area (Å²) < 4.78 is 0. The number of aliphatic imine (C=N–C) groups is 1. The van der Waals surface area contributed by atoms with Gasteiger partial charge in [-0.2, -0.15) is 0 Å². The van der Waals surface area contributed by atoms with Gasteiger partial charge in [-0.05, 0) is 19.1 Å². The van der Waals surface area contributed by atoms with Crippen molar-refractivity contribution < 1.29 is 14.7 Å². The Morgan fingerprint density at radius 1 is 0.800 bits per heavy atom. The van der Waals surface area contributed by atoms with E-state index in [-0.39, 0.29) is 28.7 Å². The number of carbonyl (C=O) groups is 2. The molecule has 0 radical (unpaired) electrons. The third-order valence-corrected chi connectivity index (χ3v) is 5.25. The average molecular weight is 416 g/mol. The molecule has 0 unspecified atom stereocenters. The van der Waals surface area contributed by atoms with Crippen LogP contribution >= 0.6 is 11.8 Å². The molecule has 150 valence electrons. The summed E-state index contributed by atoms with van der Waals surface area (Å²) in [4.78, 5) is 29.7. The molecule has 0 atom stereocenters. The fourth-order valence-electron chi connectivity index (χ4n) is 2.78. The van der Waals surface area contributed by atoms with Crippen LogP contribution in [0.5, 0.6) is 0 Å². The first-order chi connectivity index (χ1) is 14.6. The predicted octanol–water partition coefficient (Wildman–Crippen LogP) is 5.89. The van der Waals surface area contributed by atoms with Crippen LogP contribution in [0, 0.1) is 0 Å². The monoisotopic (exact) mass is 415 g/mol. The van der Waals surface area contributed by atoms with Crippen molar-refractivity contribution in [2.24, 2.45) is 4.99 Å². The second-order valence-electron chi connectivity index (χ2n) is 6.48. The van der Waals surface area contributed by atoms with Crippen LogP contribution in [-0.2, 0) is 4.79 Å². The van der Waals surface area contributed by atoms with Crippen LogP contribution < -0.4 is 0 Å². The summed E-state index contributed by atoms with van der Waals surface area (Å²) in [5.41, 5.74) is 1.82. The number of aliphatic hydroxyl groups is 1. The van der Waals surface area contributed by atoms with E-state index >= 15 is 0 Å². The zero-order valence-electron chi connectivity index (χ0n) is 16.5.